The summed E-state index contributed by atoms with van der Waals surface area (Å²) in [6.07, 6.45) is 1.68. The molecule has 0 aromatic heterocycles. The molecule has 2 rings (SSSR count). The molecular formula is C19H23NO. The third-order valence-electron chi connectivity index (χ3n) is 4.05. The van der Waals surface area contributed by atoms with Crippen LogP contribution in [0.2, 0.25) is 0 Å². The molecule has 0 saturated carbocycles. The van der Waals surface area contributed by atoms with Gasteiger partial charge in [-0.2, -0.15) is 0 Å². The molecule has 0 unspecified atom stereocenters. The normalized spacial score (nSPS) is 11.6. The molecule has 2 nitrogen and oxygen atoms in total. The zero-order valence-electron chi connectivity index (χ0n) is 12.8. The first-order chi connectivity index (χ1) is 10.1. The van der Waals surface area contributed by atoms with E-state index in [-0.39, 0.29) is 5.91 Å². The van der Waals surface area contributed by atoms with Crippen molar-refractivity contribution in [2.24, 2.45) is 11.7 Å². The summed E-state index contributed by atoms with van der Waals surface area (Å²) in [4.78, 5) is 12.5. The van der Waals surface area contributed by atoms with Crippen LogP contribution in [0.3, 0.4) is 0 Å². The number of primary amides is 1. The quantitative estimate of drug-likeness (QED) is 0.857. The fourth-order valence-electron chi connectivity index (χ4n) is 2.81. The molecule has 0 heterocycles. The van der Waals surface area contributed by atoms with Crippen molar-refractivity contribution in [1.82, 2.24) is 0 Å². The van der Waals surface area contributed by atoms with Crippen LogP contribution < -0.4 is 5.73 Å². The van der Waals surface area contributed by atoms with Crippen LogP contribution in [0.25, 0.3) is 0 Å². The first kappa shape index (κ1) is 15.3. The monoisotopic (exact) mass is 281 g/mol. The van der Waals surface area contributed by atoms with Gasteiger partial charge in [0.15, 0.2) is 0 Å². The molecule has 0 radical (unpaired) electrons. The molecule has 0 spiro atoms. The topological polar surface area (TPSA) is 43.1 Å². The highest BCUT2D eigenvalue weighted by Crippen LogP contribution is 2.37. The van der Waals surface area contributed by atoms with E-state index in [4.69, 9.17) is 5.73 Å². The molecule has 0 aliphatic heterocycles. The van der Waals surface area contributed by atoms with Crippen LogP contribution in [-0.4, -0.2) is 5.91 Å². The van der Waals surface area contributed by atoms with E-state index in [0.29, 0.717) is 5.92 Å². The Labute approximate surface area is 127 Å². The van der Waals surface area contributed by atoms with Crippen molar-refractivity contribution in [3.05, 3.63) is 71.8 Å². The molecule has 0 aliphatic carbocycles. The van der Waals surface area contributed by atoms with E-state index < -0.39 is 5.41 Å². The molecule has 21 heavy (non-hydrogen) atoms. The minimum atomic E-state index is -0.743. The molecule has 0 atom stereocenters. The SMILES string of the molecule is CC(C)CCC(C(N)=O)(c1ccccc1)c1ccccc1. The highest BCUT2D eigenvalue weighted by atomic mass is 16.1. The van der Waals surface area contributed by atoms with Crippen LogP contribution in [-0.2, 0) is 10.2 Å². The highest BCUT2D eigenvalue weighted by Gasteiger charge is 2.39. The van der Waals surface area contributed by atoms with Gasteiger partial charge in [0.2, 0.25) is 5.91 Å². The molecule has 0 saturated heterocycles. The standard InChI is InChI=1S/C19H23NO/c1-15(2)13-14-19(18(20)21,16-9-5-3-6-10-16)17-11-7-4-8-12-17/h3-12,15H,13-14H2,1-2H3,(H2,20,21). The summed E-state index contributed by atoms with van der Waals surface area (Å²) in [7, 11) is 0. The number of rotatable bonds is 6. The second-order valence-corrected chi connectivity index (χ2v) is 5.93. The lowest BCUT2D eigenvalue weighted by Gasteiger charge is -2.32. The van der Waals surface area contributed by atoms with Crippen molar-refractivity contribution >= 4 is 5.91 Å². The van der Waals surface area contributed by atoms with Crippen molar-refractivity contribution < 1.29 is 4.79 Å². The number of carbonyl (C=O) groups is 1. The number of nitrogens with two attached hydrogens (primary N) is 1. The molecule has 1 amide bonds. The Bertz CT molecular complexity index is 536. The maximum Gasteiger partial charge on any atom is 0.232 e. The number of amides is 1. The predicted octanol–water partition coefficient (Wildman–Crippen LogP) is 3.89. The Kier molecular flexibility index (Phi) is 4.79. The van der Waals surface area contributed by atoms with Crippen LogP contribution in [0, 0.1) is 5.92 Å². The highest BCUT2D eigenvalue weighted by molar-refractivity contribution is 5.90. The molecule has 2 aromatic carbocycles. The van der Waals surface area contributed by atoms with Crippen LogP contribution in [0.4, 0.5) is 0 Å². The lowest BCUT2D eigenvalue weighted by molar-refractivity contribution is -0.122. The minimum absolute atomic E-state index is 0.277. The average Bonchev–Trinajstić information content (AvgIpc) is 2.49. The molecule has 0 bridgehead atoms. The Morgan fingerprint density at radius 1 is 0.952 bits per heavy atom. The Morgan fingerprint density at radius 2 is 1.38 bits per heavy atom. The lowest BCUT2D eigenvalue weighted by atomic mass is 9.70. The van der Waals surface area contributed by atoms with Crippen LogP contribution in [0.5, 0.6) is 0 Å². The van der Waals surface area contributed by atoms with Gasteiger partial charge in [0, 0.05) is 0 Å². The predicted molar refractivity (Wildman–Crippen MR) is 86.9 cm³/mol. The van der Waals surface area contributed by atoms with E-state index in [0.717, 1.165) is 24.0 Å². The number of benzene rings is 2. The van der Waals surface area contributed by atoms with E-state index in [1.165, 1.54) is 0 Å². The Hall–Kier alpha value is -2.09. The molecule has 0 aliphatic rings. The summed E-state index contributed by atoms with van der Waals surface area (Å²) in [5.74, 6) is 0.247. The zero-order chi connectivity index (χ0) is 15.3. The minimum Gasteiger partial charge on any atom is -0.369 e. The third kappa shape index (κ3) is 3.15. The summed E-state index contributed by atoms with van der Waals surface area (Å²) >= 11 is 0. The summed E-state index contributed by atoms with van der Waals surface area (Å²) in [6, 6.07) is 19.8. The maximum atomic E-state index is 12.5. The molecule has 2 aromatic rings. The second-order valence-electron chi connectivity index (χ2n) is 5.93. The van der Waals surface area contributed by atoms with E-state index in [1.807, 2.05) is 60.7 Å². The van der Waals surface area contributed by atoms with Gasteiger partial charge in [-0.15, -0.1) is 0 Å². The van der Waals surface area contributed by atoms with Crippen molar-refractivity contribution in [3.8, 4) is 0 Å². The van der Waals surface area contributed by atoms with Gasteiger partial charge in [0.05, 0.1) is 5.41 Å². The Balaban J connectivity index is 2.58. The van der Waals surface area contributed by atoms with Gasteiger partial charge in [-0.05, 0) is 29.9 Å². The van der Waals surface area contributed by atoms with Gasteiger partial charge < -0.3 is 5.73 Å². The molecule has 0 fully saturated rings. The van der Waals surface area contributed by atoms with Gasteiger partial charge in [-0.25, -0.2) is 0 Å². The van der Waals surface area contributed by atoms with Gasteiger partial charge in [-0.3, -0.25) is 4.79 Å². The van der Waals surface area contributed by atoms with Crippen LogP contribution >= 0.6 is 0 Å². The number of hydrogen-bond donors (Lipinski definition) is 1. The summed E-state index contributed by atoms with van der Waals surface area (Å²) in [5, 5.41) is 0. The molecule has 2 N–H and O–H groups in total. The van der Waals surface area contributed by atoms with Gasteiger partial charge in [0.1, 0.15) is 0 Å². The van der Waals surface area contributed by atoms with E-state index >= 15 is 0 Å². The summed E-state index contributed by atoms with van der Waals surface area (Å²) in [5.41, 5.74) is 7.09. The van der Waals surface area contributed by atoms with Gasteiger partial charge >= 0.3 is 0 Å². The van der Waals surface area contributed by atoms with Crippen molar-refractivity contribution in [3.63, 3.8) is 0 Å². The summed E-state index contributed by atoms with van der Waals surface area (Å²) in [6.45, 7) is 4.34. The largest absolute Gasteiger partial charge is 0.369 e. The van der Waals surface area contributed by atoms with Gasteiger partial charge in [-0.1, -0.05) is 74.5 Å². The van der Waals surface area contributed by atoms with Crippen molar-refractivity contribution in [2.45, 2.75) is 32.1 Å². The fourth-order valence-corrected chi connectivity index (χ4v) is 2.81. The molecular weight excluding hydrogens is 258 g/mol. The molecule has 2 heteroatoms. The maximum absolute atomic E-state index is 12.5. The van der Waals surface area contributed by atoms with Gasteiger partial charge in [0.25, 0.3) is 0 Å². The second kappa shape index (κ2) is 6.57. The first-order valence-electron chi connectivity index (χ1n) is 7.48. The van der Waals surface area contributed by atoms with E-state index in [1.54, 1.807) is 0 Å². The van der Waals surface area contributed by atoms with E-state index in [2.05, 4.69) is 13.8 Å². The fraction of sp³-hybridized carbons (Fsp3) is 0.316. The van der Waals surface area contributed by atoms with E-state index in [9.17, 15) is 4.79 Å². The smallest absolute Gasteiger partial charge is 0.232 e. The molecule has 110 valence electrons. The Morgan fingerprint density at radius 3 is 1.71 bits per heavy atom. The summed E-state index contributed by atoms with van der Waals surface area (Å²) < 4.78 is 0. The van der Waals surface area contributed by atoms with Crippen molar-refractivity contribution in [1.29, 1.82) is 0 Å². The lowest BCUT2D eigenvalue weighted by Crippen LogP contribution is -2.42. The van der Waals surface area contributed by atoms with Crippen molar-refractivity contribution in [2.75, 3.05) is 0 Å². The third-order valence-corrected chi connectivity index (χ3v) is 4.05. The average molecular weight is 281 g/mol. The number of hydrogen-bond acceptors (Lipinski definition) is 1. The zero-order valence-corrected chi connectivity index (χ0v) is 12.8. The van der Waals surface area contributed by atoms with Crippen LogP contribution in [0.15, 0.2) is 60.7 Å². The number of carbonyl (C=O) groups excluding carboxylic acids is 1. The first-order valence-corrected chi connectivity index (χ1v) is 7.48. The van der Waals surface area contributed by atoms with Crippen LogP contribution in [0.1, 0.15) is 37.8 Å².